The first kappa shape index (κ1) is 13.8. The molecule has 19 heavy (non-hydrogen) atoms. The van der Waals surface area contributed by atoms with E-state index in [0.717, 1.165) is 24.6 Å². The molecule has 3 atom stereocenters. The standard InChI is InChI=1S/C16H30N2O/c1-2-4-14-12-18(9-8-15-5-3-10-19-15)16(11-17-14)13-6-7-13/h13-17H,2-12H2,1H3. The predicted molar refractivity (Wildman–Crippen MR) is 78.4 cm³/mol. The first-order valence-electron chi connectivity index (χ1n) is 8.46. The SMILES string of the molecule is CCCC1CN(CCC2CCCO2)C(C2CC2)CN1. The van der Waals surface area contributed by atoms with Crippen molar-refractivity contribution in [3.8, 4) is 0 Å². The molecule has 3 heteroatoms. The number of hydrogen-bond donors (Lipinski definition) is 1. The van der Waals surface area contributed by atoms with Gasteiger partial charge in [-0.25, -0.2) is 0 Å². The molecule has 2 heterocycles. The van der Waals surface area contributed by atoms with Gasteiger partial charge in [-0.05, 0) is 44.4 Å². The summed E-state index contributed by atoms with van der Waals surface area (Å²) in [6, 6.07) is 1.54. The molecular formula is C16H30N2O. The summed E-state index contributed by atoms with van der Waals surface area (Å²) in [6.45, 7) is 7.04. The van der Waals surface area contributed by atoms with Crippen LogP contribution >= 0.6 is 0 Å². The molecule has 3 rings (SSSR count). The monoisotopic (exact) mass is 266 g/mol. The van der Waals surface area contributed by atoms with Crippen LogP contribution in [-0.2, 0) is 4.74 Å². The third kappa shape index (κ3) is 3.71. The topological polar surface area (TPSA) is 24.5 Å². The molecule has 2 saturated heterocycles. The minimum Gasteiger partial charge on any atom is -0.378 e. The molecule has 3 unspecified atom stereocenters. The minimum atomic E-state index is 0.555. The Morgan fingerprint density at radius 3 is 2.79 bits per heavy atom. The Hall–Kier alpha value is -0.120. The molecule has 0 amide bonds. The summed E-state index contributed by atoms with van der Waals surface area (Å²) >= 11 is 0. The number of rotatable bonds is 6. The van der Waals surface area contributed by atoms with E-state index in [-0.39, 0.29) is 0 Å². The van der Waals surface area contributed by atoms with E-state index >= 15 is 0 Å². The highest BCUT2D eigenvalue weighted by atomic mass is 16.5. The van der Waals surface area contributed by atoms with E-state index in [9.17, 15) is 0 Å². The normalized spacial score (nSPS) is 36.8. The average Bonchev–Trinajstić information content (AvgIpc) is 3.13. The fourth-order valence-electron chi connectivity index (χ4n) is 3.83. The van der Waals surface area contributed by atoms with Gasteiger partial charge < -0.3 is 10.1 Å². The van der Waals surface area contributed by atoms with Crippen LogP contribution in [0.3, 0.4) is 0 Å². The molecule has 110 valence electrons. The summed E-state index contributed by atoms with van der Waals surface area (Å²) in [6.07, 6.45) is 9.92. The van der Waals surface area contributed by atoms with Crippen molar-refractivity contribution in [2.75, 3.05) is 26.2 Å². The molecule has 3 fully saturated rings. The lowest BCUT2D eigenvalue weighted by Gasteiger charge is -2.41. The van der Waals surface area contributed by atoms with Crippen LogP contribution in [0, 0.1) is 5.92 Å². The molecule has 0 spiro atoms. The van der Waals surface area contributed by atoms with Gasteiger partial charge in [0.15, 0.2) is 0 Å². The minimum absolute atomic E-state index is 0.555. The van der Waals surface area contributed by atoms with Crippen molar-refractivity contribution in [3.05, 3.63) is 0 Å². The first-order valence-corrected chi connectivity index (χ1v) is 8.46. The van der Waals surface area contributed by atoms with E-state index < -0.39 is 0 Å². The molecule has 0 aromatic carbocycles. The summed E-state index contributed by atoms with van der Waals surface area (Å²) in [5.41, 5.74) is 0. The summed E-state index contributed by atoms with van der Waals surface area (Å²) in [5.74, 6) is 0.986. The average molecular weight is 266 g/mol. The molecule has 3 nitrogen and oxygen atoms in total. The Morgan fingerprint density at radius 2 is 2.11 bits per heavy atom. The highest BCUT2D eigenvalue weighted by Gasteiger charge is 2.38. The van der Waals surface area contributed by atoms with Crippen molar-refractivity contribution in [1.29, 1.82) is 0 Å². The maximum absolute atomic E-state index is 5.79. The first-order chi connectivity index (χ1) is 9.36. The summed E-state index contributed by atoms with van der Waals surface area (Å²) in [5, 5.41) is 3.78. The quantitative estimate of drug-likeness (QED) is 0.799. The lowest BCUT2D eigenvalue weighted by molar-refractivity contribution is 0.0644. The van der Waals surface area contributed by atoms with Gasteiger partial charge in [-0.3, -0.25) is 4.90 Å². The Balaban J connectivity index is 1.50. The molecule has 0 aromatic heterocycles. The van der Waals surface area contributed by atoms with Crippen LogP contribution < -0.4 is 5.32 Å². The zero-order valence-electron chi connectivity index (χ0n) is 12.4. The van der Waals surface area contributed by atoms with Crippen LogP contribution in [-0.4, -0.2) is 49.3 Å². The second-order valence-electron chi connectivity index (χ2n) is 6.72. The predicted octanol–water partition coefficient (Wildman–Crippen LogP) is 2.41. The second kappa shape index (κ2) is 6.55. The Labute approximate surface area is 118 Å². The maximum Gasteiger partial charge on any atom is 0.0588 e. The van der Waals surface area contributed by atoms with Crippen LogP contribution in [0.4, 0.5) is 0 Å². The molecule has 1 aliphatic carbocycles. The molecule has 0 aromatic rings. The van der Waals surface area contributed by atoms with E-state index in [4.69, 9.17) is 4.74 Å². The van der Waals surface area contributed by atoms with E-state index in [1.807, 2.05) is 0 Å². The number of hydrogen-bond acceptors (Lipinski definition) is 3. The molecule has 0 bridgehead atoms. The molecule has 1 saturated carbocycles. The summed E-state index contributed by atoms with van der Waals surface area (Å²) in [7, 11) is 0. The van der Waals surface area contributed by atoms with Gasteiger partial charge in [-0.1, -0.05) is 13.3 Å². The van der Waals surface area contributed by atoms with Gasteiger partial charge in [0.05, 0.1) is 6.10 Å². The van der Waals surface area contributed by atoms with Crippen molar-refractivity contribution in [3.63, 3.8) is 0 Å². The zero-order valence-corrected chi connectivity index (χ0v) is 12.4. The highest BCUT2D eigenvalue weighted by Crippen LogP contribution is 2.36. The van der Waals surface area contributed by atoms with Crippen molar-refractivity contribution >= 4 is 0 Å². The van der Waals surface area contributed by atoms with Crippen LogP contribution in [0.25, 0.3) is 0 Å². The van der Waals surface area contributed by atoms with Crippen LogP contribution in [0.15, 0.2) is 0 Å². The number of nitrogens with zero attached hydrogens (tertiary/aromatic N) is 1. The smallest absolute Gasteiger partial charge is 0.0588 e. The maximum atomic E-state index is 5.79. The number of piperazine rings is 1. The van der Waals surface area contributed by atoms with Crippen molar-refractivity contribution < 1.29 is 4.74 Å². The third-order valence-electron chi connectivity index (χ3n) is 5.11. The molecule has 3 aliphatic rings. The second-order valence-corrected chi connectivity index (χ2v) is 6.72. The highest BCUT2D eigenvalue weighted by molar-refractivity contribution is 4.95. The molecule has 2 aliphatic heterocycles. The van der Waals surface area contributed by atoms with E-state index in [0.29, 0.717) is 6.10 Å². The van der Waals surface area contributed by atoms with Gasteiger partial charge in [-0.2, -0.15) is 0 Å². The lowest BCUT2D eigenvalue weighted by atomic mass is 10.0. The lowest BCUT2D eigenvalue weighted by Crippen LogP contribution is -2.57. The van der Waals surface area contributed by atoms with E-state index in [1.165, 1.54) is 64.6 Å². The fraction of sp³-hybridized carbons (Fsp3) is 1.00. The third-order valence-corrected chi connectivity index (χ3v) is 5.11. The van der Waals surface area contributed by atoms with E-state index in [2.05, 4.69) is 17.1 Å². The Bertz CT molecular complexity index is 274. The molecule has 1 N–H and O–H groups in total. The van der Waals surface area contributed by atoms with Gasteiger partial charge in [0.25, 0.3) is 0 Å². The molecular weight excluding hydrogens is 236 g/mol. The largest absolute Gasteiger partial charge is 0.378 e. The van der Waals surface area contributed by atoms with Crippen LogP contribution in [0.1, 0.15) is 51.9 Å². The molecule has 0 radical (unpaired) electrons. The van der Waals surface area contributed by atoms with Crippen molar-refractivity contribution in [2.45, 2.75) is 70.1 Å². The Kier molecular flexibility index (Phi) is 4.78. The van der Waals surface area contributed by atoms with E-state index in [1.54, 1.807) is 0 Å². The number of nitrogens with one attached hydrogen (secondary N) is 1. The van der Waals surface area contributed by atoms with Gasteiger partial charge >= 0.3 is 0 Å². The van der Waals surface area contributed by atoms with Crippen molar-refractivity contribution in [2.24, 2.45) is 5.92 Å². The van der Waals surface area contributed by atoms with Gasteiger partial charge in [0, 0.05) is 38.3 Å². The van der Waals surface area contributed by atoms with Gasteiger partial charge in [-0.15, -0.1) is 0 Å². The van der Waals surface area contributed by atoms with Gasteiger partial charge in [0.2, 0.25) is 0 Å². The summed E-state index contributed by atoms with van der Waals surface area (Å²) < 4.78 is 5.79. The van der Waals surface area contributed by atoms with Crippen molar-refractivity contribution in [1.82, 2.24) is 10.2 Å². The summed E-state index contributed by atoms with van der Waals surface area (Å²) in [4.78, 5) is 2.79. The zero-order chi connectivity index (χ0) is 13.1. The fourth-order valence-corrected chi connectivity index (χ4v) is 3.83. The van der Waals surface area contributed by atoms with Crippen LogP contribution in [0.2, 0.25) is 0 Å². The number of ether oxygens (including phenoxy) is 1. The van der Waals surface area contributed by atoms with Crippen LogP contribution in [0.5, 0.6) is 0 Å². The van der Waals surface area contributed by atoms with Gasteiger partial charge in [0.1, 0.15) is 0 Å². The Morgan fingerprint density at radius 1 is 1.21 bits per heavy atom.